The van der Waals surface area contributed by atoms with Gasteiger partial charge in [0.15, 0.2) is 0 Å². The highest BCUT2D eigenvalue weighted by Crippen LogP contribution is 2.19. The van der Waals surface area contributed by atoms with Gasteiger partial charge in [0, 0.05) is 13.6 Å². The normalized spacial score (nSPS) is 13.1. The highest BCUT2D eigenvalue weighted by Gasteiger charge is 2.27. The maximum absolute atomic E-state index is 12.5. The standard InChI is InChI=1S/C16H25NO4S/c1-5-6-7-14(16(18)21-4)12-17(3)22(19,20)15-10-8-13(2)9-11-15/h8-11,14H,5-7,12H2,1-4H3/t14-/m1/s1. The van der Waals surface area contributed by atoms with Gasteiger partial charge in [-0.1, -0.05) is 37.5 Å². The predicted octanol–water partition coefficient (Wildman–Crippen LogP) is 2.59. The molecule has 1 aromatic rings. The fourth-order valence-corrected chi connectivity index (χ4v) is 3.42. The van der Waals surface area contributed by atoms with Crippen LogP contribution in [0.2, 0.25) is 0 Å². The van der Waals surface area contributed by atoms with Gasteiger partial charge in [-0.15, -0.1) is 0 Å². The summed E-state index contributed by atoms with van der Waals surface area (Å²) in [6, 6.07) is 6.69. The number of benzene rings is 1. The molecule has 0 aliphatic heterocycles. The first kappa shape index (κ1) is 18.6. The van der Waals surface area contributed by atoms with E-state index in [1.165, 1.54) is 18.5 Å². The Bertz CT molecular complexity index is 581. The lowest BCUT2D eigenvalue weighted by atomic mass is 10.0. The fourth-order valence-electron chi connectivity index (χ4n) is 2.20. The van der Waals surface area contributed by atoms with Crippen LogP contribution in [0.5, 0.6) is 0 Å². The van der Waals surface area contributed by atoms with Crippen LogP contribution in [-0.2, 0) is 19.6 Å². The number of rotatable bonds is 8. The molecule has 0 N–H and O–H groups in total. The zero-order valence-corrected chi connectivity index (χ0v) is 14.5. The van der Waals surface area contributed by atoms with Gasteiger partial charge in [0.25, 0.3) is 0 Å². The van der Waals surface area contributed by atoms with Crippen molar-refractivity contribution in [2.24, 2.45) is 5.92 Å². The monoisotopic (exact) mass is 327 g/mol. The van der Waals surface area contributed by atoms with Gasteiger partial charge in [0.1, 0.15) is 0 Å². The van der Waals surface area contributed by atoms with E-state index in [4.69, 9.17) is 4.74 Å². The molecule has 0 aromatic heterocycles. The van der Waals surface area contributed by atoms with Crippen LogP contribution in [0, 0.1) is 12.8 Å². The number of carbonyl (C=O) groups excluding carboxylic acids is 1. The fraction of sp³-hybridized carbons (Fsp3) is 0.562. The summed E-state index contributed by atoms with van der Waals surface area (Å²) in [5, 5.41) is 0. The van der Waals surface area contributed by atoms with E-state index in [1.54, 1.807) is 24.3 Å². The van der Waals surface area contributed by atoms with E-state index in [1.807, 2.05) is 13.8 Å². The van der Waals surface area contributed by atoms with Crippen LogP contribution in [0.1, 0.15) is 31.7 Å². The highest BCUT2D eigenvalue weighted by molar-refractivity contribution is 7.89. The molecule has 5 nitrogen and oxygen atoms in total. The van der Waals surface area contributed by atoms with Gasteiger partial charge in [-0.2, -0.15) is 0 Å². The zero-order valence-electron chi connectivity index (χ0n) is 13.7. The SMILES string of the molecule is CCCC[C@H](CN(C)S(=O)(=O)c1ccc(C)cc1)C(=O)OC. The molecule has 22 heavy (non-hydrogen) atoms. The number of esters is 1. The number of carbonyl (C=O) groups is 1. The summed E-state index contributed by atoms with van der Waals surface area (Å²) in [5.74, 6) is -0.797. The van der Waals surface area contributed by atoms with Crippen molar-refractivity contribution in [2.45, 2.75) is 38.0 Å². The average molecular weight is 327 g/mol. The minimum atomic E-state index is -3.59. The predicted molar refractivity (Wildman–Crippen MR) is 86.0 cm³/mol. The Kier molecular flexibility index (Phi) is 7.03. The van der Waals surface area contributed by atoms with Crippen molar-refractivity contribution in [3.05, 3.63) is 29.8 Å². The van der Waals surface area contributed by atoms with Crippen molar-refractivity contribution in [2.75, 3.05) is 20.7 Å². The third-order valence-corrected chi connectivity index (χ3v) is 5.48. The lowest BCUT2D eigenvalue weighted by Crippen LogP contribution is -2.35. The van der Waals surface area contributed by atoms with Gasteiger partial charge < -0.3 is 4.74 Å². The van der Waals surface area contributed by atoms with Crippen molar-refractivity contribution in [1.29, 1.82) is 0 Å². The largest absolute Gasteiger partial charge is 0.469 e. The van der Waals surface area contributed by atoms with Crippen LogP contribution in [-0.4, -0.2) is 39.4 Å². The summed E-state index contributed by atoms with van der Waals surface area (Å²) in [5.41, 5.74) is 0.997. The topological polar surface area (TPSA) is 63.7 Å². The molecular weight excluding hydrogens is 302 g/mol. The summed E-state index contributed by atoms with van der Waals surface area (Å²) in [4.78, 5) is 12.1. The maximum Gasteiger partial charge on any atom is 0.309 e. The summed E-state index contributed by atoms with van der Waals surface area (Å²) in [6.07, 6.45) is 2.43. The van der Waals surface area contributed by atoms with Gasteiger partial charge in [0.2, 0.25) is 10.0 Å². The van der Waals surface area contributed by atoms with Crippen LogP contribution < -0.4 is 0 Å². The molecule has 0 radical (unpaired) electrons. The third-order valence-electron chi connectivity index (χ3n) is 3.65. The van der Waals surface area contributed by atoms with Crippen LogP contribution in [0.4, 0.5) is 0 Å². The molecule has 124 valence electrons. The van der Waals surface area contributed by atoms with E-state index in [0.29, 0.717) is 6.42 Å². The molecule has 0 spiro atoms. The molecule has 0 aliphatic carbocycles. The molecule has 0 fully saturated rings. The van der Waals surface area contributed by atoms with Gasteiger partial charge >= 0.3 is 5.97 Å². The third kappa shape index (κ3) is 4.81. The van der Waals surface area contributed by atoms with Crippen LogP contribution in [0.25, 0.3) is 0 Å². The lowest BCUT2D eigenvalue weighted by molar-refractivity contribution is -0.145. The Hall–Kier alpha value is -1.40. The van der Waals surface area contributed by atoms with E-state index < -0.39 is 15.9 Å². The summed E-state index contributed by atoms with van der Waals surface area (Å²) < 4.78 is 31.1. The first-order valence-corrected chi connectivity index (χ1v) is 8.87. The molecule has 1 atom stereocenters. The number of methoxy groups -OCH3 is 1. The number of nitrogens with zero attached hydrogens (tertiary/aromatic N) is 1. The van der Waals surface area contributed by atoms with Crippen molar-refractivity contribution in [3.63, 3.8) is 0 Å². The Morgan fingerprint density at radius 2 is 1.86 bits per heavy atom. The van der Waals surface area contributed by atoms with Crippen molar-refractivity contribution in [3.8, 4) is 0 Å². The molecule has 0 bridgehead atoms. The Labute approximate surface area is 133 Å². The molecule has 6 heteroatoms. The Balaban J connectivity index is 2.89. The Morgan fingerprint density at radius 3 is 2.36 bits per heavy atom. The molecule has 0 heterocycles. The molecule has 0 saturated heterocycles. The Morgan fingerprint density at radius 1 is 1.27 bits per heavy atom. The number of hydrogen-bond acceptors (Lipinski definition) is 4. The van der Waals surface area contributed by atoms with Crippen molar-refractivity contribution in [1.82, 2.24) is 4.31 Å². The molecule has 1 aromatic carbocycles. The number of unbranched alkanes of at least 4 members (excludes halogenated alkanes) is 1. The first-order valence-electron chi connectivity index (χ1n) is 7.43. The number of sulfonamides is 1. The van der Waals surface area contributed by atoms with Crippen LogP contribution in [0.3, 0.4) is 0 Å². The average Bonchev–Trinajstić information content (AvgIpc) is 2.50. The highest BCUT2D eigenvalue weighted by atomic mass is 32.2. The molecule has 0 amide bonds. The first-order chi connectivity index (χ1) is 10.3. The van der Waals surface area contributed by atoms with E-state index in [0.717, 1.165) is 18.4 Å². The van der Waals surface area contributed by atoms with Crippen molar-refractivity contribution < 1.29 is 17.9 Å². The number of aryl methyl sites for hydroxylation is 1. The molecule has 0 saturated carbocycles. The van der Waals surface area contributed by atoms with Gasteiger partial charge in [-0.3, -0.25) is 4.79 Å². The number of hydrogen-bond donors (Lipinski definition) is 0. The maximum atomic E-state index is 12.5. The van der Waals surface area contributed by atoms with E-state index >= 15 is 0 Å². The van der Waals surface area contributed by atoms with Gasteiger partial charge in [-0.25, -0.2) is 12.7 Å². The summed E-state index contributed by atoms with van der Waals surface area (Å²) >= 11 is 0. The summed E-state index contributed by atoms with van der Waals surface area (Å²) in [6.45, 7) is 4.06. The number of ether oxygens (including phenoxy) is 1. The van der Waals surface area contributed by atoms with E-state index in [9.17, 15) is 13.2 Å². The minimum absolute atomic E-state index is 0.128. The minimum Gasteiger partial charge on any atom is -0.469 e. The summed E-state index contributed by atoms with van der Waals surface area (Å²) in [7, 11) is -0.766. The molecular formula is C16H25NO4S. The second-order valence-corrected chi connectivity index (χ2v) is 7.51. The lowest BCUT2D eigenvalue weighted by Gasteiger charge is -2.22. The van der Waals surface area contributed by atoms with E-state index in [-0.39, 0.29) is 17.4 Å². The quantitative estimate of drug-likeness (QED) is 0.689. The zero-order chi connectivity index (χ0) is 16.8. The second-order valence-electron chi connectivity index (χ2n) is 5.46. The second kappa shape index (κ2) is 8.29. The molecule has 0 unspecified atom stereocenters. The van der Waals surface area contributed by atoms with E-state index in [2.05, 4.69) is 0 Å². The molecule has 0 aliphatic rings. The van der Waals surface area contributed by atoms with Crippen molar-refractivity contribution >= 4 is 16.0 Å². The van der Waals surface area contributed by atoms with Crippen LogP contribution >= 0.6 is 0 Å². The smallest absolute Gasteiger partial charge is 0.309 e. The van der Waals surface area contributed by atoms with Gasteiger partial charge in [0.05, 0.1) is 17.9 Å². The molecule has 1 rings (SSSR count). The van der Waals surface area contributed by atoms with Gasteiger partial charge in [-0.05, 0) is 25.5 Å². The van der Waals surface area contributed by atoms with Crippen LogP contribution in [0.15, 0.2) is 29.2 Å².